The van der Waals surface area contributed by atoms with Crippen molar-refractivity contribution < 1.29 is 38.2 Å². The van der Waals surface area contributed by atoms with Crippen LogP contribution in [0.3, 0.4) is 0 Å². The van der Waals surface area contributed by atoms with Gasteiger partial charge in [0.25, 0.3) is 17.1 Å². The largest absolute Gasteiger partial charge is 0.493 e. The van der Waals surface area contributed by atoms with Gasteiger partial charge in [0.2, 0.25) is 5.91 Å². The van der Waals surface area contributed by atoms with Gasteiger partial charge < -0.3 is 24.8 Å². The molecule has 1 heterocycles. The molecule has 1 saturated heterocycles. The second kappa shape index (κ2) is 15.3. The number of hydrogen-bond donors (Lipinski definition) is 2. The summed E-state index contributed by atoms with van der Waals surface area (Å²) in [7, 11) is 1.43. The molecule has 240 valence electrons. The number of hydrogen-bond acceptors (Lipinski definition) is 9. The van der Waals surface area contributed by atoms with Crippen molar-refractivity contribution in [1.29, 1.82) is 0 Å². The molecule has 1 aliphatic heterocycles. The first-order valence-electron chi connectivity index (χ1n) is 13.8. The first kappa shape index (κ1) is 34.5. The van der Waals surface area contributed by atoms with E-state index in [4.69, 9.17) is 25.8 Å². The fourth-order valence-corrected chi connectivity index (χ4v) is 5.79. The van der Waals surface area contributed by atoms with E-state index in [-0.39, 0.29) is 40.3 Å². The van der Waals surface area contributed by atoms with Gasteiger partial charge in [0.05, 0.1) is 34.9 Å². The van der Waals surface area contributed by atoms with Crippen LogP contribution < -0.4 is 20.1 Å². The van der Waals surface area contributed by atoms with Gasteiger partial charge in [0, 0.05) is 10.2 Å². The summed E-state index contributed by atoms with van der Waals surface area (Å²) in [5, 5.41) is 4.90. The highest BCUT2D eigenvalue weighted by Crippen LogP contribution is 2.35. The quantitative estimate of drug-likeness (QED) is 0.165. The zero-order valence-electron chi connectivity index (χ0n) is 25.2. The molecular formula is C32H29BrClN3O8S. The number of rotatable bonds is 11. The Morgan fingerprint density at radius 1 is 0.978 bits per heavy atom. The fourth-order valence-electron chi connectivity index (χ4n) is 4.20. The minimum atomic E-state index is -0.655. The molecule has 14 heteroatoms. The van der Waals surface area contributed by atoms with E-state index in [1.165, 1.54) is 31.4 Å². The third-order valence-electron chi connectivity index (χ3n) is 6.62. The van der Waals surface area contributed by atoms with Gasteiger partial charge in [-0.1, -0.05) is 17.7 Å². The zero-order chi connectivity index (χ0) is 33.5. The molecule has 0 radical (unpaired) electrons. The second-order valence-corrected chi connectivity index (χ2v) is 12.1. The molecule has 4 amide bonds. The predicted octanol–water partition coefficient (Wildman–Crippen LogP) is 6.60. The number of esters is 1. The molecule has 0 aromatic heterocycles. The summed E-state index contributed by atoms with van der Waals surface area (Å²) >= 11 is 10.2. The van der Waals surface area contributed by atoms with Crippen molar-refractivity contribution in [1.82, 2.24) is 4.90 Å². The van der Waals surface area contributed by atoms with Crippen molar-refractivity contribution in [2.24, 2.45) is 0 Å². The number of nitrogens with zero attached hydrogens (tertiary/aromatic N) is 1. The number of carbonyl (C=O) groups is 5. The van der Waals surface area contributed by atoms with Crippen molar-refractivity contribution in [2.75, 3.05) is 37.5 Å². The molecule has 11 nitrogen and oxygen atoms in total. The van der Waals surface area contributed by atoms with Crippen LogP contribution in [-0.4, -0.2) is 60.7 Å². The molecular weight excluding hydrogens is 702 g/mol. The first-order valence-corrected chi connectivity index (χ1v) is 15.8. The number of ether oxygens (including phenoxy) is 3. The fraction of sp³-hybridized carbons (Fsp3) is 0.219. The number of imide groups is 1. The van der Waals surface area contributed by atoms with Gasteiger partial charge in [-0.3, -0.25) is 24.1 Å². The monoisotopic (exact) mass is 729 g/mol. The Hall–Kier alpha value is -4.33. The van der Waals surface area contributed by atoms with Crippen LogP contribution in [0.5, 0.6) is 11.5 Å². The molecule has 0 atom stereocenters. The normalized spacial score (nSPS) is 13.5. The summed E-state index contributed by atoms with van der Waals surface area (Å²) in [6.07, 6.45) is 1.49. The van der Waals surface area contributed by atoms with E-state index in [0.717, 1.165) is 20.5 Å². The maximum atomic E-state index is 13.0. The lowest BCUT2D eigenvalue weighted by molar-refractivity contribution is -0.127. The van der Waals surface area contributed by atoms with Crippen molar-refractivity contribution in [3.05, 3.63) is 85.2 Å². The van der Waals surface area contributed by atoms with Crippen molar-refractivity contribution in [3.63, 3.8) is 0 Å². The molecule has 4 rings (SSSR count). The van der Waals surface area contributed by atoms with Gasteiger partial charge in [-0.15, -0.1) is 0 Å². The zero-order valence-corrected chi connectivity index (χ0v) is 28.4. The Morgan fingerprint density at radius 2 is 1.72 bits per heavy atom. The highest BCUT2D eigenvalue weighted by atomic mass is 79.9. The number of benzene rings is 3. The molecule has 1 fully saturated rings. The summed E-state index contributed by atoms with van der Waals surface area (Å²) in [5.74, 6) is -1.73. The third kappa shape index (κ3) is 8.47. The lowest BCUT2D eigenvalue weighted by Gasteiger charge is -2.13. The smallest absolute Gasteiger partial charge is 0.339 e. The molecule has 46 heavy (non-hydrogen) atoms. The van der Waals surface area contributed by atoms with Crippen LogP contribution in [0.4, 0.5) is 16.2 Å². The predicted molar refractivity (Wildman–Crippen MR) is 179 cm³/mol. The van der Waals surface area contributed by atoms with Gasteiger partial charge >= 0.3 is 5.97 Å². The maximum Gasteiger partial charge on any atom is 0.339 e. The van der Waals surface area contributed by atoms with Gasteiger partial charge in [0.15, 0.2) is 18.1 Å². The lowest BCUT2D eigenvalue weighted by atomic mass is 10.1. The summed E-state index contributed by atoms with van der Waals surface area (Å²) in [4.78, 5) is 63.9. The molecule has 3 aromatic rings. The average Bonchev–Trinajstić information content (AvgIpc) is 3.27. The summed E-state index contributed by atoms with van der Waals surface area (Å²) in [5.41, 5.74) is 3.57. The Balaban J connectivity index is 1.38. The minimum absolute atomic E-state index is 0.0658. The van der Waals surface area contributed by atoms with Crippen LogP contribution in [0.15, 0.2) is 57.9 Å². The first-order chi connectivity index (χ1) is 21.9. The number of methoxy groups -OCH3 is 1. The molecule has 0 unspecified atom stereocenters. The van der Waals surface area contributed by atoms with Gasteiger partial charge in [-0.05, 0) is 114 Å². The number of amides is 4. The Kier molecular flexibility index (Phi) is 11.5. The van der Waals surface area contributed by atoms with Crippen LogP contribution in [0.1, 0.15) is 34.0 Å². The topological polar surface area (TPSA) is 140 Å². The SMILES string of the molecule is CCOC(=O)c1cc(NC(=O)CN2C(=O)S/C(=C/c3ccc(OCC(=O)Nc4cc(C)c(C)cc4Br)c(OC)c3)C2=O)ccc1Cl. The van der Waals surface area contributed by atoms with E-state index < -0.39 is 29.6 Å². The Morgan fingerprint density at radius 3 is 2.43 bits per heavy atom. The minimum Gasteiger partial charge on any atom is -0.493 e. The van der Waals surface area contributed by atoms with E-state index >= 15 is 0 Å². The molecule has 0 aliphatic carbocycles. The van der Waals surface area contributed by atoms with E-state index in [2.05, 4.69) is 26.6 Å². The van der Waals surface area contributed by atoms with Crippen LogP contribution in [0, 0.1) is 13.8 Å². The lowest BCUT2D eigenvalue weighted by Crippen LogP contribution is -2.36. The highest BCUT2D eigenvalue weighted by molar-refractivity contribution is 9.10. The Bertz CT molecular complexity index is 1760. The van der Waals surface area contributed by atoms with Crippen LogP contribution in [-0.2, 0) is 19.1 Å². The number of thioether (sulfide) groups is 1. The van der Waals surface area contributed by atoms with Crippen LogP contribution in [0.25, 0.3) is 6.08 Å². The van der Waals surface area contributed by atoms with E-state index in [1.54, 1.807) is 25.1 Å². The Labute approximate surface area is 282 Å². The molecule has 0 saturated carbocycles. The summed E-state index contributed by atoms with van der Waals surface area (Å²) in [6, 6.07) is 12.9. The van der Waals surface area contributed by atoms with Gasteiger partial charge in [-0.2, -0.15) is 0 Å². The standard InChI is InChI=1S/C32H29BrClN3O8S/c1-5-44-31(41)21-14-20(7-8-23(21)34)35-28(38)15-37-30(40)27(46-32(37)42)13-19-6-9-25(26(12-19)43-4)45-16-29(39)36-24-11-18(3)17(2)10-22(24)33/h6-14H,5,15-16H2,1-4H3,(H,35,38)(H,36,39)/b27-13+. The molecule has 2 N–H and O–H groups in total. The summed E-state index contributed by atoms with van der Waals surface area (Å²) < 4.78 is 16.8. The molecule has 0 spiro atoms. The van der Waals surface area contributed by atoms with E-state index in [1.807, 2.05) is 26.0 Å². The van der Waals surface area contributed by atoms with Gasteiger partial charge in [-0.25, -0.2) is 4.79 Å². The number of carbonyl (C=O) groups excluding carboxylic acids is 5. The second-order valence-electron chi connectivity index (χ2n) is 9.89. The molecule has 0 bridgehead atoms. The van der Waals surface area contributed by atoms with Crippen molar-refractivity contribution in [2.45, 2.75) is 20.8 Å². The van der Waals surface area contributed by atoms with Crippen LogP contribution in [0.2, 0.25) is 5.02 Å². The highest BCUT2D eigenvalue weighted by Gasteiger charge is 2.36. The van der Waals surface area contributed by atoms with Crippen molar-refractivity contribution in [3.8, 4) is 11.5 Å². The average molecular weight is 731 g/mol. The van der Waals surface area contributed by atoms with E-state index in [9.17, 15) is 24.0 Å². The number of anilines is 2. The maximum absolute atomic E-state index is 13.0. The van der Waals surface area contributed by atoms with Crippen molar-refractivity contribution >= 4 is 85.7 Å². The van der Waals surface area contributed by atoms with Crippen LogP contribution >= 0.6 is 39.3 Å². The van der Waals surface area contributed by atoms with E-state index in [0.29, 0.717) is 34.5 Å². The molecule has 3 aromatic carbocycles. The third-order valence-corrected chi connectivity index (χ3v) is 8.52. The molecule has 1 aliphatic rings. The summed E-state index contributed by atoms with van der Waals surface area (Å²) in [6.45, 7) is 4.90. The number of nitrogens with one attached hydrogen (secondary N) is 2. The van der Waals surface area contributed by atoms with Gasteiger partial charge in [0.1, 0.15) is 6.54 Å². The number of halogens is 2. The number of aryl methyl sites for hydroxylation is 2.